The molecule has 1 unspecified atom stereocenters. The molecule has 1 aromatic carbocycles. The number of carbonyl (C=O) groups excluding carboxylic acids is 2. The Balaban J connectivity index is 1.52. The van der Waals surface area contributed by atoms with Gasteiger partial charge in [-0.25, -0.2) is 9.59 Å². The number of aromatic nitrogens is 2. The lowest BCUT2D eigenvalue weighted by Gasteiger charge is -2.27. The van der Waals surface area contributed by atoms with Crippen LogP contribution < -0.4 is 16.0 Å². The van der Waals surface area contributed by atoms with E-state index in [0.717, 1.165) is 11.3 Å². The number of hydrogen-bond donors (Lipinski definition) is 3. The molecule has 0 saturated heterocycles. The summed E-state index contributed by atoms with van der Waals surface area (Å²) < 4.78 is 11.3. The number of urea groups is 1. The van der Waals surface area contributed by atoms with Gasteiger partial charge in [-0.2, -0.15) is 0 Å². The van der Waals surface area contributed by atoms with Gasteiger partial charge in [0.1, 0.15) is 11.8 Å². The van der Waals surface area contributed by atoms with Gasteiger partial charge >= 0.3 is 12.0 Å². The molecule has 0 fully saturated rings. The number of halogens is 1. The van der Waals surface area contributed by atoms with Gasteiger partial charge in [-0.15, -0.1) is 10.2 Å². The van der Waals surface area contributed by atoms with Crippen LogP contribution in [0.1, 0.15) is 24.3 Å². The van der Waals surface area contributed by atoms with Crippen molar-refractivity contribution in [3.05, 3.63) is 64.2 Å². The number of nitrogens with one attached hydrogen (secondary N) is 3. The monoisotopic (exact) mass is 505 g/mol. The topological polar surface area (TPSA) is 118 Å². The lowest BCUT2D eigenvalue weighted by Crippen LogP contribution is -2.46. The molecular weight excluding hydrogens is 486 g/mol. The number of rotatable bonds is 8. The second-order valence-corrected chi connectivity index (χ2v) is 9.52. The van der Waals surface area contributed by atoms with Crippen molar-refractivity contribution in [3.63, 3.8) is 0 Å². The van der Waals surface area contributed by atoms with E-state index in [-0.39, 0.29) is 17.9 Å². The third kappa shape index (κ3) is 5.49. The molecule has 0 aliphatic carbocycles. The maximum Gasteiger partial charge on any atom is 0.338 e. The maximum atomic E-state index is 12.7. The van der Waals surface area contributed by atoms with Gasteiger partial charge in [-0.1, -0.05) is 40.8 Å². The summed E-state index contributed by atoms with van der Waals surface area (Å²) in [6, 6.07) is 7.85. The first-order valence-corrected chi connectivity index (χ1v) is 12.1. The minimum absolute atomic E-state index is 0.204. The normalized spacial score (nSPS) is 15.7. The number of nitrogens with zero attached hydrogens (tertiary/aromatic N) is 2. The summed E-state index contributed by atoms with van der Waals surface area (Å²) in [7, 11) is 0. The number of anilines is 2. The van der Waals surface area contributed by atoms with Crippen molar-refractivity contribution in [1.82, 2.24) is 20.8 Å². The van der Waals surface area contributed by atoms with E-state index in [9.17, 15) is 9.59 Å². The molecule has 2 amide bonds. The summed E-state index contributed by atoms with van der Waals surface area (Å²) in [5.74, 6) is 0.191. The molecular formula is C21H20ClN5O4S2. The highest BCUT2D eigenvalue weighted by Gasteiger charge is 2.35. The van der Waals surface area contributed by atoms with Gasteiger partial charge in [-0.3, -0.25) is 0 Å². The standard InChI is InChI=1S/C21H20ClN5O4S2/c1-3-30-18(28)16-14(24-19(29)25-17(16)15-5-4-8-31-15)10-32-21-27-26-20(33-21)23-12-7-6-11(2)13(22)9-12/h4-9,17H,3,10H2,1-2H3,(H,23,26)(H2,24,25,29). The van der Waals surface area contributed by atoms with E-state index >= 15 is 0 Å². The van der Waals surface area contributed by atoms with Crippen molar-refractivity contribution < 1.29 is 18.7 Å². The number of thioether (sulfide) groups is 1. The summed E-state index contributed by atoms with van der Waals surface area (Å²) in [6.07, 6.45) is 1.48. The van der Waals surface area contributed by atoms with E-state index in [1.807, 2.05) is 25.1 Å². The molecule has 1 aliphatic rings. The van der Waals surface area contributed by atoms with Crippen LogP contribution in [0.15, 0.2) is 56.6 Å². The Morgan fingerprint density at radius 2 is 2.21 bits per heavy atom. The lowest BCUT2D eigenvalue weighted by atomic mass is 10.0. The summed E-state index contributed by atoms with van der Waals surface area (Å²) in [6.45, 7) is 3.86. The fourth-order valence-corrected chi connectivity index (χ4v) is 5.02. The van der Waals surface area contributed by atoms with E-state index < -0.39 is 18.0 Å². The van der Waals surface area contributed by atoms with Gasteiger partial charge in [0.25, 0.3) is 0 Å². The number of carbonyl (C=O) groups is 2. The number of furan rings is 1. The highest BCUT2D eigenvalue weighted by atomic mass is 35.5. The Labute approximate surface area is 202 Å². The quantitative estimate of drug-likeness (QED) is 0.295. The molecule has 33 heavy (non-hydrogen) atoms. The fraction of sp³-hybridized carbons (Fsp3) is 0.238. The average molecular weight is 506 g/mol. The van der Waals surface area contributed by atoms with Gasteiger partial charge < -0.3 is 25.1 Å². The number of amides is 2. The zero-order valence-corrected chi connectivity index (χ0v) is 20.1. The van der Waals surface area contributed by atoms with E-state index in [0.29, 0.717) is 26.0 Å². The van der Waals surface area contributed by atoms with Crippen molar-refractivity contribution in [2.24, 2.45) is 0 Å². The molecule has 9 nitrogen and oxygen atoms in total. The minimum Gasteiger partial charge on any atom is -0.467 e. The van der Waals surface area contributed by atoms with E-state index in [1.165, 1.54) is 29.4 Å². The van der Waals surface area contributed by atoms with Crippen LogP contribution in [0, 0.1) is 6.92 Å². The van der Waals surface area contributed by atoms with E-state index in [1.54, 1.807) is 19.1 Å². The van der Waals surface area contributed by atoms with E-state index in [2.05, 4.69) is 26.1 Å². The van der Waals surface area contributed by atoms with Gasteiger partial charge in [-0.05, 0) is 43.7 Å². The SMILES string of the molecule is CCOC(=O)C1=C(CSc2nnc(Nc3ccc(C)c(Cl)c3)s2)NC(=O)NC1c1ccco1. The molecule has 4 rings (SSSR count). The number of hydrogen-bond acceptors (Lipinski definition) is 9. The zero-order chi connectivity index (χ0) is 23.4. The molecule has 0 bridgehead atoms. The third-order valence-electron chi connectivity index (χ3n) is 4.65. The molecule has 172 valence electrons. The second-order valence-electron chi connectivity index (χ2n) is 6.91. The number of esters is 1. The molecule has 0 saturated carbocycles. The van der Waals surface area contributed by atoms with Crippen molar-refractivity contribution in [1.29, 1.82) is 0 Å². The van der Waals surface area contributed by atoms with Crippen LogP contribution in [0.3, 0.4) is 0 Å². The van der Waals surface area contributed by atoms with Gasteiger partial charge in [0.15, 0.2) is 4.34 Å². The van der Waals surface area contributed by atoms with E-state index in [4.69, 9.17) is 20.8 Å². The Hall–Kier alpha value is -3.02. The molecule has 3 aromatic rings. The fourth-order valence-electron chi connectivity index (χ4n) is 3.10. The minimum atomic E-state index is -0.749. The Morgan fingerprint density at radius 1 is 1.36 bits per heavy atom. The second kappa shape index (κ2) is 10.3. The summed E-state index contributed by atoms with van der Waals surface area (Å²) >= 11 is 8.87. The van der Waals surface area contributed by atoms with Crippen molar-refractivity contribution in [2.75, 3.05) is 17.7 Å². The van der Waals surface area contributed by atoms with Crippen LogP contribution in [0.5, 0.6) is 0 Å². The molecule has 2 aromatic heterocycles. The first-order valence-electron chi connectivity index (χ1n) is 9.95. The van der Waals surface area contributed by atoms with Gasteiger partial charge in [0.05, 0.1) is 18.4 Å². The Morgan fingerprint density at radius 3 is 2.94 bits per heavy atom. The molecule has 12 heteroatoms. The Kier molecular flexibility index (Phi) is 7.21. The summed E-state index contributed by atoms with van der Waals surface area (Å²) in [4.78, 5) is 25.0. The van der Waals surface area contributed by atoms with Crippen LogP contribution in [0.25, 0.3) is 0 Å². The van der Waals surface area contributed by atoms with Crippen LogP contribution in [0.2, 0.25) is 5.02 Å². The van der Waals surface area contributed by atoms with Crippen molar-refractivity contribution in [2.45, 2.75) is 24.2 Å². The molecule has 3 N–H and O–H groups in total. The highest BCUT2D eigenvalue weighted by molar-refractivity contribution is 8.01. The van der Waals surface area contributed by atoms with Gasteiger partial charge in [0, 0.05) is 22.2 Å². The third-order valence-corrected chi connectivity index (χ3v) is 7.05. The number of benzene rings is 1. The first kappa shape index (κ1) is 23.1. The summed E-state index contributed by atoms with van der Waals surface area (Å²) in [5.41, 5.74) is 2.51. The molecule has 0 radical (unpaired) electrons. The predicted octanol–water partition coefficient (Wildman–Crippen LogP) is 4.80. The smallest absolute Gasteiger partial charge is 0.338 e. The number of aryl methyl sites for hydroxylation is 1. The lowest BCUT2D eigenvalue weighted by molar-refractivity contribution is -0.139. The Bertz CT molecular complexity index is 1200. The molecule has 3 heterocycles. The van der Waals surface area contributed by atoms with Crippen LogP contribution in [0.4, 0.5) is 15.6 Å². The van der Waals surface area contributed by atoms with Crippen LogP contribution in [-0.4, -0.2) is 34.6 Å². The molecule has 0 spiro atoms. The zero-order valence-electron chi connectivity index (χ0n) is 17.7. The maximum absolute atomic E-state index is 12.7. The van der Waals surface area contributed by atoms with Crippen LogP contribution in [-0.2, 0) is 9.53 Å². The number of ether oxygens (including phenoxy) is 1. The molecule has 1 atom stereocenters. The summed E-state index contributed by atoms with van der Waals surface area (Å²) in [5, 5.41) is 18.2. The predicted molar refractivity (Wildman–Crippen MR) is 127 cm³/mol. The first-order chi connectivity index (χ1) is 15.9. The highest BCUT2D eigenvalue weighted by Crippen LogP contribution is 2.33. The average Bonchev–Trinajstić information content (AvgIpc) is 3.47. The van der Waals surface area contributed by atoms with Crippen LogP contribution >= 0.6 is 34.7 Å². The van der Waals surface area contributed by atoms with Gasteiger partial charge in [0.2, 0.25) is 5.13 Å². The largest absolute Gasteiger partial charge is 0.467 e. The van der Waals surface area contributed by atoms with Crippen molar-refractivity contribution >= 4 is 57.5 Å². The van der Waals surface area contributed by atoms with Crippen molar-refractivity contribution in [3.8, 4) is 0 Å². The molecule has 1 aliphatic heterocycles.